The van der Waals surface area contributed by atoms with E-state index in [1.165, 1.54) is 31.2 Å². The third kappa shape index (κ3) is 4.32. The van der Waals surface area contributed by atoms with Crippen LogP contribution in [0.2, 0.25) is 0 Å². The molecule has 25 heavy (non-hydrogen) atoms. The van der Waals surface area contributed by atoms with Crippen LogP contribution in [0.15, 0.2) is 42.5 Å². The Morgan fingerprint density at radius 1 is 1.00 bits per heavy atom. The van der Waals surface area contributed by atoms with Crippen LogP contribution >= 0.6 is 0 Å². The van der Waals surface area contributed by atoms with Gasteiger partial charge in [0.05, 0.1) is 0 Å². The maximum atomic E-state index is 15.1. The molecular formula is C24H31F. The molecule has 0 nitrogen and oxygen atoms in total. The highest BCUT2D eigenvalue weighted by Crippen LogP contribution is 2.39. The molecule has 134 valence electrons. The van der Waals surface area contributed by atoms with Gasteiger partial charge in [0.15, 0.2) is 0 Å². The molecule has 0 amide bonds. The van der Waals surface area contributed by atoms with Gasteiger partial charge in [-0.25, -0.2) is 4.39 Å². The molecule has 0 saturated heterocycles. The minimum absolute atomic E-state index is 0.0190. The second-order valence-electron chi connectivity index (χ2n) is 7.60. The molecule has 0 spiro atoms. The van der Waals surface area contributed by atoms with E-state index in [1.54, 1.807) is 0 Å². The van der Waals surface area contributed by atoms with Gasteiger partial charge in [-0.05, 0) is 66.9 Å². The zero-order chi connectivity index (χ0) is 17.6. The van der Waals surface area contributed by atoms with E-state index in [1.807, 2.05) is 12.1 Å². The molecule has 1 fully saturated rings. The first-order chi connectivity index (χ1) is 12.2. The van der Waals surface area contributed by atoms with Crippen molar-refractivity contribution in [1.82, 2.24) is 0 Å². The van der Waals surface area contributed by atoms with E-state index in [0.29, 0.717) is 11.8 Å². The molecule has 0 N–H and O–H groups in total. The highest BCUT2D eigenvalue weighted by atomic mass is 19.1. The summed E-state index contributed by atoms with van der Waals surface area (Å²) in [5, 5.41) is 1.84. The van der Waals surface area contributed by atoms with E-state index in [2.05, 4.69) is 44.2 Å². The van der Waals surface area contributed by atoms with Gasteiger partial charge >= 0.3 is 0 Å². The lowest BCUT2D eigenvalue weighted by molar-refractivity contribution is 0.368. The smallest absolute Gasteiger partial charge is 0.134 e. The Kier molecular flexibility index (Phi) is 6.29. The third-order valence-corrected chi connectivity index (χ3v) is 5.66. The average Bonchev–Trinajstić information content (AvgIpc) is 2.63. The van der Waals surface area contributed by atoms with Gasteiger partial charge in [-0.15, -0.1) is 0 Å². The minimum Gasteiger partial charge on any atom is -0.206 e. The first-order valence-corrected chi connectivity index (χ1v) is 10.1. The van der Waals surface area contributed by atoms with Crippen LogP contribution in [0.1, 0.15) is 75.8 Å². The average molecular weight is 339 g/mol. The van der Waals surface area contributed by atoms with Crippen molar-refractivity contribution in [2.75, 3.05) is 0 Å². The zero-order valence-electron chi connectivity index (χ0n) is 15.7. The van der Waals surface area contributed by atoms with Crippen molar-refractivity contribution in [3.63, 3.8) is 0 Å². The highest BCUT2D eigenvalue weighted by Gasteiger charge is 2.23. The summed E-state index contributed by atoms with van der Waals surface area (Å²) >= 11 is 0. The molecule has 2 aromatic carbocycles. The van der Waals surface area contributed by atoms with E-state index < -0.39 is 0 Å². The second-order valence-corrected chi connectivity index (χ2v) is 7.60. The van der Waals surface area contributed by atoms with Crippen LogP contribution in [0.4, 0.5) is 4.39 Å². The van der Waals surface area contributed by atoms with E-state index in [0.717, 1.165) is 42.0 Å². The Balaban J connectivity index is 1.74. The highest BCUT2D eigenvalue weighted by molar-refractivity contribution is 5.84. The topological polar surface area (TPSA) is 0 Å². The molecule has 1 aliphatic carbocycles. The molecule has 0 heterocycles. The summed E-state index contributed by atoms with van der Waals surface area (Å²) in [6.45, 7) is 4.40. The summed E-state index contributed by atoms with van der Waals surface area (Å²) < 4.78 is 15.1. The number of allylic oxidation sites excluding steroid dienone is 2. The molecule has 0 atom stereocenters. The van der Waals surface area contributed by atoms with Crippen LogP contribution in [-0.4, -0.2) is 0 Å². The molecule has 1 aliphatic rings. The van der Waals surface area contributed by atoms with Crippen LogP contribution < -0.4 is 0 Å². The molecule has 0 aliphatic heterocycles. The molecule has 0 radical (unpaired) electrons. The SMILES string of the molecule is CCC/C=C/C1CCC(c2ccc3cc(CCC)ccc3c2F)CC1. The lowest BCUT2D eigenvalue weighted by Gasteiger charge is -2.27. The van der Waals surface area contributed by atoms with Gasteiger partial charge in [0.25, 0.3) is 0 Å². The number of hydrogen-bond donors (Lipinski definition) is 0. The van der Waals surface area contributed by atoms with Gasteiger partial charge in [0, 0.05) is 5.39 Å². The molecule has 1 heteroatoms. The fourth-order valence-corrected chi connectivity index (χ4v) is 4.20. The van der Waals surface area contributed by atoms with Crippen LogP contribution in [0.5, 0.6) is 0 Å². The lowest BCUT2D eigenvalue weighted by atomic mass is 9.78. The third-order valence-electron chi connectivity index (χ3n) is 5.66. The fourth-order valence-electron chi connectivity index (χ4n) is 4.20. The lowest BCUT2D eigenvalue weighted by Crippen LogP contribution is -2.13. The van der Waals surface area contributed by atoms with Crippen molar-refractivity contribution in [1.29, 1.82) is 0 Å². The first-order valence-electron chi connectivity index (χ1n) is 10.1. The van der Waals surface area contributed by atoms with Crippen LogP contribution in [-0.2, 0) is 6.42 Å². The van der Waals surface area contributed by atoms with Crippen molar-refractivity contribution < 1.29 is 4.39 Å². The molecule has 3 rings (SSSR count). The van der Waals surface area contributed by atoms with Crippen LogP contribution in [0, 0.1) is 11.7 Å². The molecule has 0 aromatic heterocycles. The van der Waals surface area contributed by atoms with Crippen molar-refractivity contribution in [3.05, 3.63) is 59.4 Å². The Labute approximate surface area is 152 Å². The van der Waals surface area contributed by atoms with Crippen molar-refractivity contribution >= 4 is 10.8 Å². The standard InChI is InChI=1S/C24H31F/c1-3-5-6-8-18-9-12-20(13-10-18)22-16-14-21-17-19(7-4-2)11-15-23(21)24(22)25/h6,8,11,14-18,20H,3-5,7,9-10,12-13H2,1-2H3/b8-6+. The summed E-state index contributed by atoms with van der Waals surface area (Å²) in [6, 6.07) is 10.4. The van der Waals surface area contributed by atoms with Gasteiger partial charge in [-0.3, -0.25) is 0 Å². The van der Waals surface area contributed by atoms with Gasteiger partial charge in [-0.2, -0.15) is 0 Å². The summed E-state index contributed by atoms with van der Waals surface area (Å²) in [6.07, 6.45) is 13.9. The number of fused-ring (bicyclic) bond motifs is 1. The molecule has 0 unspecified atom stereocenters. The Morgan fingerprint density at radius 3 is 2.52 bits per heavy atom. The summed E-state index contributed by atoms with van der Waals surface area (Å²) in [5.74, 6) is 1.10. The van der Waals surface area contributed by atoms with Gasteiger partial charge in [0.1, 0.15) is 5.82 Å². The molecule has 0 bridgehead atoms. The molecular weight excluding hydrogens is 307 g/mol. The number of halogens is 1. The number of hydrogen-bond acceptors (Lipinski definition) is 0. The van der Waals surface area contributed by atoms with Crippen LogP contribution in [0.3, 0.4) is 0 Å². The van der Waals surface area contributed by atoms with E-state index in [4.69, 9.17) is 0 Å². The number of rotatable bonds is 6. The second kappa shape index (κ2) is 8.65. The zero-order valence-corrected chi connectivity index (χ0v) is 15.7. The largest absolute Gasteiger partial charge is 0.206 e. The van der Waals surface area contributed by atoms with Crippen molar-refractivity contribution in [3.8, 4) is 0 Å². The Hall–Kier alpha value is -1.63. The Bertz CT molecular complexity index is 720. The van der Waals surface area contributed by atoms with Crippen LogP contribution in [0.25, 0.3) is 10.8 Å². The Morgan fingerprint density at radius 2 is 1.80 bits per heavy atom. The number of benzene rings is 2. The summed E-state index contributed by atoms with van der Waals surface area (Å²) in [4.78, 5) is 0. The maximum absolute atomic E-state index is 15.1. The number of aryl methyl sites for hydroxylation is 1. The summed E-state index contributed by atoms with van der Waals surface area (Å²) in [7, 11) is 0. The van der Waals surface area contributed by atoms with Gasteiger partial charge in [0.2, 0.25) is 0 Å². The first kappa shape index (κ1) is 18.2. The predicted octanol–water partition coefficient (Wildman–Crippen LogP) is 7.56. The van der Waals surface area contributed by atoms with Gasteiger partial charge in [-0.1, -0.05) is 69.2 Å². The van der Waals surface area contributed by atoms with E-state index in [-0.39, 0.29) is 5.82 Å². The predicted molar refractivity (Wildman–Crippen MR) is 107 cm³/mol. The van der Waals surface area contributed by atoms with E-state index >= 15 is 4.39 Å². The minimum atomic E-state index is 0.0190. The van der Waals surface area contributed by atoms with Gasteiger partial charge < -0.3 is 0 Å². The fraction of sp³-hybridized carbons (Fsp3) is 0.500. The normalized spacial score (nSPS) is 21.2. The quantitative estimate of drug-likeness (QED) is 0.477. The monoisotopic (exact) mass is 338 g/mol. The summed E-state index contributed by atoms with van der Waals surface area (Å²) in [5.41, 5.74) is 2.24. The molecule has 2 aromatic rings. The number of unbranched alkanes of at least 4 members (excludes halogenated alkanes) is 1. The maximum Gasteiger partial charge on any atom is 0.134 e. The van der Waals surface area contributed by atoms with Crippen molar-refractivity contribution in [2.24, 2.45) is 5.92 Å². The van der Waals surface area contributed by atoms with Crippen molar-refractivity contribution in [2.45, 2.75) is 71.1 Å². The van der Waals surface area contributed by atoms with E-state index in [9.17, 15) is 0 Å². The molecule has 1 saturated carbocycles.